The standard InChI is InChI=1S/C40H49N5O4/c1-39(2,3)49-38(48)41-25-24-36(46)44-35(37(47)42-27-30-16-8-4-9-17-30)26-34-28-45(29-43-34)40(31-18-10-5-11-19-31,32-20-12-6-13-21-32)33-22-14-7-15-23-33/h5-7,10-15,18-23,28-30,35H,4,8-9,16-17,24-27H2,1-3H3,(H,41,48)(H,42,47)(H,44,46)/t35-/m0/s1. The summed E-state index contributed by atoms with van der Waals surface area (Å²) < 4.78 is 7.38. The van der Waals surface area contributed by atoms with Crippen molar-refractivity contribution in [1.82, 2.24) is 25.5 Å². The first-order chi connectivity index (χ1) is 23.6. The van der Waals surface area contributed by atoms with E-state index < -0.39 is 23.3 Å². The van der Waals surface area contributed by atoms with Crippen LogP contribution in [0, 0.1) is 5.92 Å². The molecule has 1 fully saturated rings. The van der Waals surface area contributed by atoms with Crippen LogP contribution >= 0.6 is 0 Å². The van der Waals surface area contributed by atoms with Crippen LogP contribution in [0.15, 0.2) is 104 Å². The number of rotatable bonds is 13. The minimum atomic E-state index is -0.847. The summed E-state index contributed by atoms with van der Waals surface area (Å²) in [5, 5.41) is 8.66. The molecule has 1 saturated carbocycles. The second-order valence-electron chi connectivity index (χ2n) is 13.8. The lowest BCUT2D eigenvalue weighted by Gasteiger charge is -2.37. The highest BCUT2D eigenvalue weighted by molar-refractivity contribution is 5.88. The molecule has 1 atom stereocenters. The number of imidazole rings is 1. The SMILES string of the molecule is CC(C)(C)OC(=O)NCCC(=O)N[C@@H](Cc1cn(C(c2ccccc2)(c2ccccc2)c2ccccc2)cn1)C(=O)NCC1CCCCC1. The predicted molar refractivity (Wildman–Crippen MR) is 191 cm³/mol. The Balaban J connectivity index is 1.41. The van der Waals surface area contributed by atoms with Crippen molar-refractivity contribution in [3.8, 4) is 0 Å². The molecule has 9 nitrogen and oxygen atoms in total. The van der Waals surface area contributed by atoms with E-state index in [0.717, 1.165) is 29.5 Å². The summed E-state index contributed by atoms with van der Waals surface area (Å²) in [6.45, 7) is 6.00. The van der Waals surface area contributed by atoms with E-state index in [4.69, 9.17) is 9.72 Å². The summed E-state index contributed by atoms with van der Waals surface area (Å²) in [4.78, 5) is 43.7. The molecule has 1 aliphatic rings. The van der Waals surface area contributed by atoms with Gasteiger partial charge in [-0.2, -0.15) is 0 Å². The van der Waals surface area contributed by atoms with Crippen LogP contribution in [0.3, 0.4) is 0 Å². The molecule has 3 amide bonds. The number of hydrogen-bond donors (Lipinski definition) is 3. The zero-order chi connectivity index (χ0) is 34.7. The first-order valence-corrected chi connectivity index (χ1v) is 17.4. The van der Waals surface area contributed by atoms with E-state index in [1.54, 1.807) is 20.8 Å². The number of amides is 3. The molecule has 5 rings (SSSR count). The van der Waals surface area contributed by atoms with Crippen LogP contribution in [-0.4, -0.2) is 52.2 Å². The monoisotopic (exact) mass is 663 g/mol. The molecule has 4 aromatic rings. The maximum atomic E-state index is 13.7. The Bertz CT molecular complexity index is 1550. The number of carbonyl (C=O) groups excluding carboxylic acids is 3. The average Bonchev–Trinajstić information content (AvgIpc) is 3.57. The second-order valence-corrected chi connectivity index (χ2v) is 13.8. The Morgan fingerprint density at radius 3 is 1.90 bits per heavy atom. The molecule has 0 aliphatic heterocycles. The van der Waals surface area contributed by atoms with Gasteiger partial charge in [-0.25, -0.2) is 9.78 Å². The van der Waals surface area contributed by atoms with Gasteiger partial charge >= 0.3 is 6.09 Å². The second kappa shape index (κ2) is 16.5. The van der Waals surface area contributed by atoms with Gasteiger partial charge in [-0.3, -0.25) is 9.59 Å². The maximum absolute atomic E-state index is 13.7. The number of ether oxygens (including phenoxy) is 1. The first-order valence-electron chi connectivity index (χ1n) is 17.4. The molecule has 3 aromatic carbocycles. The number of aromatic nitrogens is 2. The van der Waals surface area contributed by atoms with Crippen molar-refractivity contribution < 1.29 is 19.1 Å². The van der Waals surface area contributed by atoms with Gasteiger partial charge in [0.1, 0.15) is 17.2 Å². The van der Waals surface area contributed by atoms with Crippen LogP contribution in [0.2, 0.25) is 0 Å². The lowest BCUT2D eigenvalue weighted by molar-refractivity contribution is -0.129. The van der Waals surface area contributed by atoms with Gasteiger partial charge in [0.15, 0.2) is 0 Å². The Kier molecular flexibility index (Phi) is 11.9. The Morgan fingerprint density at radius 1 is 0.816 bits per heavy atom. The summed E-state index contributed by atoms with van der Waals surface area (Å²) >= 11 is 0. The number of benzene rings is 3. The summed E-state index contributed by atoms with van der Waals surface area (Å²) in [5.41, 5.74) is 2.45. The molecular formula is C40H49N5O4. The van der Waals surface area contributed by atoms with Crippen molar-refractivity contribution in [2.45, 2.75) is 82.9 Å². The zero-order valence-electron chi connectivity index (χ0n) is 28.9. The third kappa shape index (κ3) is 9.37. The third-order valence-electron chi connectivity index (χ3n) is 8.97. The molecule has 3 N–H and O–H groups in total. The molecule has 0 radical (unpaired) electrons. The molecule has 0 spiro atoms. The number of nitrogens with zero attached hydrogens (tertiary/aromatic N) is 2. The van der Waals surface area contributed by atoms with Gasteiger partial charge in [-0.1, -0.05) is 110 Å². The summed E-state index contributed by atoms with van der Waals surface area (Å²) in [6, 6.07) is 30.1. The van der Waals surface area contributed by atoms with E-state index in [1.807, 2.05) is 67.1 Å². The van der Waals surface area contributed by atoms with E-state index in [9.17, 15) is 14.4 Å². The fraction of sp³-hybridized carbons (Fsp3) is 0.400. The van der Waals surface area contributed by atoms with E-state index in [-0.39, 0.29) is 31.2 Å². The minimum Gasteiger partial charge on any atom is -0.444 e. The number of hydrogen-bond acceptors (Lipinski definition) is 5. The van der Waals surface area contributed by atoms with E-state index >= 15 is 0 Å². The van der Waals surface area contributed by atoms with Crippen LogP contribution < -0.4 is 16.0 Å². The van der Waals surface area contributed by atoms with Gasteiger partial charge in [0, 0.05) is 32.1 Å². The van der Waals surface area contributed by atoms with Gasteiger partial charge in [-0.05, 0) is 56.2 Å². The van der Waals surface area contributed by atoms with Crippen LogP contribution in [-0.2, 0) is 26.3 Å². The van der Waals surface area contributed by atoms with Gasteiger partial charge in [0.25, 0.3) is 0 Å². The van der Waals surface area contributed by atoms with Crippen molar-refractivity contribution in [2.75, 3.05) is 13.1 Å². The van der Waals surface area contributed by atoms with Crippen LogP contribution in [0.4, 0.5) is 4.79 Å². The molecule has 258 valence electrons. The molecule has 49 heavy (non-hydrogen) atoms. The van der Waals surface area contributed by atoms with Crippen LogP contribution in [0.1, 0.15) is 81.7 Å². The Hall–Kier alpha value is -4.92. The lowest BCUT2D eigenvalue weighted by Crippen LogP contribution is -2.49. The van der Waals surface area contributed by atoms with Crippen molar-refractivity contribution >= 4 is 17.9 Å². The normalized spacial score (nSPS) is 14.4. The highest BCUT2D eigenvalue weighted by atomic mass is 16.6. The largest absolute Gasteiger partial charge is 0.444 e. The molecule has 1 aliphatic carbocycles. The van der Waals surface area contributed by atoms with Gasteiger partial charge in [0.05, 0.1) is 12.0 Å². The molecule has 0 bridgehead atoms. The summed E-state index contributed by atoms with van der Waals surface area (Å²) in [5.74, 6) is -0.149. The van der Waals surface area contributed by atoms with Crippen molar-refractivity contribution in [1.29, 1.82) is 0 Å². The number of nitrogens with one attached hydrogen (secondary N) is 3. The average molecular weight is 664 g/mol. The topological polar surface area (TPSA) is 114 Å². The zero-order valence-corrected chi connectivity index (χ0v) is 28.9. The molecule has 9 heteroatoms. The smallest absolute Gasteiger partial charge is 0.407 e. The Labute approximate surface area is 289 Å². The van der Waals surface area contributed by atoms with Gasteiger partial charge in [0.2, 0.25) is 11.8 Å². The van der Waals surface area contributed by atoms with Crippen LogP contribution in [0.25, 0.3) is 0 Å². The molecule has 1 heterocycles. The van der Waals surface area contributed by atoms with E-state index in [0.29, 0.717) is 18.2 Å². The van der Waals surface area contributed by atoms with Crippen LogP contribution in [0.5, 0.6) is 0 Å². The van der Waals surface area contributed by atoms with Crippen molar-refractivity contribution in [3.05, 3.63) is 126 Å². The molecular weight excluding hydrogens is 614 g/mol. The Morgan fingerprint density at radius 2 is 1.37 bits per heavy atom. The predicted octanol–water partition coefficient (Wildman–Crippen LogP) is 6.36. The van der Waals surface area contributed by atoms with E-state index in [1.165, 1.54) is 19.3 Å². The number of alkyl carbamates (subject to hydrolysis) is 1. The van der Waals surface area contributed by atoms with E-state index in [2.05, 4.69) is 56.9 Å². The lowest BCUT2D eigenvalue weighted by atomic mass is 9.77. The highest BCUT2D eigenvalue weighted by Gasteiger charge is 2.38. The quantitative estimate of drug-likeness (QED) is 0.144. The van der Waals surface area contributed by atoms with Gasteiger partial charge < -0.3 is 25.3 Å². The van der Waals surface area contributed by atoms with Crippen molar-refractivity contribution in [3.63, 3.8) is 0 Å². The molecule has 1 aromatic heterocycles. The summed E-state index contributed by atoms with van der Waals surface area (Å²) in [6.07, 6.45) is 9.17. The first kappa shape index (κ1) is 35.4. The number of carbonyl (C=O) groups is 3. The molecule has 0 saturated heterocycles. The fourth-order valence-electron chi connectivity index (χ4n) is 6.67. The maximum Gasteiger partial charge on any atom is 0.407 e. The third-order valence-corrected chi connectivity index (χ3v) is 8.97. The highest BCUT2D eigenvalue weighted by Crippen LogP contribution is 2.40. The van der Waals surface area contributed by atoms with Crippen molar-refractivity contribution in [2.24, 2.45) is 5.92 Å². The minimum absolute atomic E-state index is 0.000773. The fourth-order valence-corrected chi connectivity index (χ4v) is 6.67. The summed E-state index contributed by atoms with van der Waals surface area (Å²) in [7, 11) is 0. The van der Waals surface area contributed by atoms with Gasteiger partial charge in [-0.15, -0.1) is 0 Å². The molecule has 0 unspecified atom stereocenters.